The largest absolute Gasteiger partial charge is 0.464 e. The van der Waals surface area contributed by atoms with Crippen LogP contribution in [0, 0.1) is 10.1 Å². The second-order valence-corrected chi connectivity index (χ2v) is 4.90. The highest BCUT2D eigenvalue weighted by atomic mass is 16.6. The van der Waals surface area contributed by atoms with Gasteiger partial charge in [0.25, 0.3) is 5.69 Å². The summed E-state index contributed by atoms with van der Waals surface area (Å²) in [6.07, 6.45) is 1.61. The fraction of sp³-hybridized carbons (Fsp3) is 0.375. The molecule has 1 aromatic heterocycles. The van der Waals surface area contributed by atoms with E-state index in [0.29, 0.717) is 0 Å². The van der Waals surface area contributed by atoms with Crippen molar-refractivity contribution in [2.45, 2.75) is 32.7 Å². The molecule has 0 saturated carbocycles. The maximum Gasteiger partial charge on any atom is 0.269 e. The van der Waals surface area contributed by atoms with E-state index in [-0.39, 0.29) is 16.7 Å². The van der Waals surface area contributed by atoms with E-state index in [1.807, 2.05) is 19.1 Å². The summed E-state index contributed by atoms with van der Waals surface area (Å²) in [5, 5.41) is 14.1. The number of likely N-dealkylation sites (N-methyl/N-ethyl adjacent to an activating group) is 1. The molecule has 112 valence electrons. The summed E-state index contributed by atoms with van der Waals surface area (Å²) in [5.74, 6) is 1.88. The number of nitro groups is 1. The van der Waals surface area contributed by atoms with Gasteiger partial charge in [0, 0.05) is 18.6 Å². The fourth-order valence-electron chi connectivity index (χ4n) is 2.28. The first-order chi connectivity index (χ1) is 10.1. The van der Waals surface area contributed by atoms with Crippen molar-refractivity contribution in [3.63, 3.8) is 0 Å². The summed E-state index contributed by atoms with van der Waals surface area (Å²) in [6, 6.07) is 10.7. The monoisotopic (exact) mass is 288 g/mol. The molecule has 2 rings (SSSR count). The fourth-order valence-corrected chi connectivity index (χ4v) is 2.28. The number of hydrogen-bond donors (Lipinski definition) is 1. The van der Waals surface area contributed by atoms with E-state index >= 15 is 0 Å². The van der Waals surface area contributed by atoms with Gasteiger partial charge >= 0.3 is 0 Å². The maximum absolute atomic E-state index is 10.7. The first-order valence-electron chi connectivity index (χ1n) is 7.19. The van der Waals surface area contributed by atoms with E-state index in [1.54, 1.807) is 12.1 Å². The van der Waals surface area contributed by atoms with Gasteiger partial charge in [-0.2, -0.15) is 0 Å². The third-order valence-corrected chi connectivity index (χ3v) is 3.41. The molecule has 0 saturated heterocycles. The van der Waals surface area contributed by atoms with Gasteiger partial charge < -0.3 is 9.73 Å². The maximum atomic E-state index is 10.7. The van der Waals surface area contributed by atoms with Gasteiger partial charge in [-0.05, 0) is 30.7 Å². The molecule has 0 fully saturated rings. The van der Waals surface area contributed by atoms with Crippen molar-refractivity contribution >= 4 is 5.69 Å². The molecule has 0 spiro atoms. The third-order valence-electron chi connectivity index (χ3n) is 3.41. The smallest absolute Gasteiger partial charge is 0.269 e. The minimum atomic E-state index is -0.383. The summed E-state index contributed by atoms with van der Waals surface area (Å²) in [4.78, 5) is 10.3. The molecule has 21 heavy (non-hydrogen) atoms. The molecule has 1 heterocycles. The standard InChI is InChI=1S/C16H20N2O3/c1-3-14-9-10-16(21-14)15(17-4-2)11-12-5-7-13(8-6-12)18(19)20/h5-10,15,17H,3-4,11H2,1-2H3. The molecule has 1 N–H and O–H groups in total. The van der Waals surface area contributed by atoms with Crippen LogP contribution in [-0.2, 0) is 12.8 Å². The highest BCUT2D eigenvalue weighted by molar-refractivity contribution is 5.33. The van der Waals surface area contributed by atoms with Crippen LogP contribution in [0.1, 0.15) is 37.0 Å². The van der Waals surface area contributed by atoms with E-state index in [1.165, 1.54) is 12.1 Å². The number of nitrogens with zero attached hydrogens (tertiary/aromatic N) is 1. The molecular formula is C16H20N2O3. The van der Waals surface area contributed by atoms with Crippen LogP contribution in [0.3, 0.4) is 0 Å². The Labute approximate surface area is 124 Å². The molecule has 5 nitrogen and oxygen atoms in total. The lowest BCUT2D eigenvalue weighted by Crippen LogP contribution is -2.22. The number of non-ortho nitro benzene ring substituents is 1. The van der Waals surface area contributed by atoms with Crippen molar-refractivity contribution in [1.29, 1.82) is 0 Å². The Balaban J connectivity index is 2.13. The zero-order valence-electron chi connectivity index (χ0n) is 12.3. The lowest BCUT2D eigenvalue weighted by Gasteiger charge is -2.15. The lowest BCUT2D eigenvalue weighted by atomic mass is 10.0. The first-order valence-corrected chi connectivity index (χ1v) is 7.19. The van der Waals surface area contributed by atoms with E-state index in [0.717, 1.165) is 36.5 Å². The number of benzene rings is 1. The Morgan fingerprint density at radius 2 is 1.90 bits per heavy atom. The van der Waals surface area contributed by atoms with Gasteiger partial charge in [-0.15, -0.1) is 0 Å². The number of nitrogens with one attached hydrogen (secondary N) is 1. The molecule has 1 unspecified atom stereocenters. The van der Waals surface area contributed by atoms with Crippen LogP contribution in [-0.4, -0.2) is 11.5 Å². The molecule has 0 amide bonds. The van der Waals surface area contributed by atoms with Crippen LogP contribution in [0.15, 0.2) is 40.8 Å². The van der Waals surface area contributed by atoms with Crippen molar-refractivity contribution in [2.75, 3.05) is 6.54 Å². The van der Waals surface area contributed by atoms with E-state index in [2.05, 4.69) is 12.2 Å². The zero-order chi connectivity index (χ0) is 15.2. The Morgan fingerprint density at radius 3 is 2.43 bits per heavy atom. The highest BCUT2D eigenvalue weighted by Gasteiger charge is 2.16. The van der Waals surface area contributed by atoms with E-state index < -0.39 is 0 Å². The van der Waals surface area contributed by atoms with Crippen molar-refractivity contribution in [3.05, 3.63) is 63.6 Å². The van der Waals surface area contributed by atoms with Gasteiger partial charge in [0.2, 0.25) is 0 Å². The van der Waals surface area contributed by atoms with Crippen molar-refractivity contribution in [3.8, 4) is 0 Å². The van der Waals surface area contributed by atoms with Crippen LogP contribution < -0.4 is 5.32 Å². The minimum absolute atomic E-state index is 0.0803. The van der Waals surface area contributed by atoms with Gasteiger partial charge in [0.05, 0.1) is 11.0 Å². The Kier molecular flexibility index (Phi) is 5.11. The molecule has 0 bridgehead atoms. The van der Waals surface area contributed by atoms with Gasteiger partial charge in [-0.1, -0.05) is 26.0 Å². The first kappa shape index (κ1) is 15.3. The Morgan fingerprint density at radius 1 is 1.19 bits per heavy atom. The number of rotatable bonds is 7. The van der Waals surface area contributed by atoms with Gasteiger partial charge in [-0.3, -0.25) is 10.1 Å². The molecule has 0 aliphatic carbocycles. The molecular weight excluding hydrogens is 268 g/mol. The summed E-state index contributed by atoms with van der Waals surface area (Å²) in [6.45, 7) is 4.94. The predicted molar refractivity (Wildman–Crippen MR) is 81.3 cm³/mol. The average Bonchev–Trinajstić information content (AvgIpc) is 2.96. The molecule has 1 aromatic carbocycles. The minimum Gasteiger partial charge on any atom is -0.464 e. The molecule has 0 radical (unpaired) electrons. The topological polar surface area (TPSA) is 68.3 Å². The average molecular weight is 288 g/mol. The van der Waals surface area contributed by atoms with Crippen LogP contribution in [0.25, 0.3) is 0 Å². The molecule has 0 aliphatic rings. The molecule has 0 aliphatic heterocycles. The van der Waals surface area contributed by atoms with Crippen molar-refractivity contribution < 1.29 is 9.34 Å². The Hall–Kier alpha value is -2.14. The van der Waals surface area contributed by atoms with Crippen LogP contribution in [0.2, 0.25) is 0 Å². The van der Waals surface area contributed by atoms with E-state index in [9.17, 15) is 10.1 Å². The molecule has 2 aromatic rings. The summed E-state index contributed by atoms with van der Waals surface area (Å²) < 4.78 is 5.81. The van der Waals surface area contributed by atoms with Crippen molar-refractivity contribution in [2.24, 2.45) is 0 Å². The summed E-state index contributed by atoms with van der Waals surface area (Å²) in [5.41, 5.74) is 1.16. The number of nitro benzene ring substituents is 1. The van der Waals surface area contributed by atoms with Crippen LogP contribution >= 0.6 is 0 Å². The lowest BCUT2D eigenvalue weighted by molar-refractivity contribution is -0.384. The zero-order valence-corrected chi connectivity index (χ0v) is 12.3. The Bertz CT molecular complexity index is 590. The van der Waals surface area contributed by atoms with Gasteiger partial charge in [-0.25, -0.2) is 0 Å². The van der Waals surface area contributed by atoms with E-state index in [4.69, 9.17) is 4.42 Å². The van der Waals surface area contributed by atoms with Gasteiger partial charge in [0.1, 0.15) is 11.5 Å². The number of hydrogen-bond acceptors (Lipinski definition) is 4. The van der Waals surface area contributed by atoms with Crippen molar-refractivity contribution in [1.82, 2.24) is 5.32 Å². The summed E-state index contributed by atoms with van der Waals surface area (Å²) in [7, 11) is 0. The van der Waals surface area contributed by atoms with Gasteiger partial charge in [0.15, 0.2) is 0 Å². The SMILES string of the molecule is CCNC(Cc1ccc([N+](=O)[O-])cc1)c1ccc(CC)o1. The second-order valence-electron chi connectivity index (χ2n) is 4.90. The number of aryl methyl sites for hydroxylation is 1. The second kappa shape index (κ2) is 7.04. The quantitative estimate of drug-likeness (QED) is 0.624. The molecule has 5 heteroatoms. The highest BCUT2D eigenvalue weighted by Crippen LogP contribution is 2.22. The van der Waals surface area contributed by atoms with Crippen LogP contribution in [0.4, 0.5) is 5.69 Å². The summed E-state index contributed by atoms with van der Waals surface area (Å²) >= 11 is 0. The molecule has 1 atom stereocenters. The third kappa shape index (κ3) is 3.92. The number of furan rings is 1. The van der Waals surface area contributed by atoms with Crippen LogP contribution in [0.5, 0.6) is 0 Å². The predicted octanol–water partition coefficient (Wildman–Crippen LogP) is 3.64. The normalized spacial score (nSPS) is 12.3.